The summed E-state index contributed by atoms with van der Waals surface area (Å²) in [5.74, 6) is 0.227. The van der Waals surface area contributed by atoms with Crippen molar-refractivity contribution in [3.8, 4) is 0 Å². The predicted molar refractivity (Wildman–Crippen MR) is 64.1 cm³/mol. The number of para-hydroxylation sites is 1. The van der Waals surface area contributed by atoms with E-state index < -0.39 is 0 Å². The second-order valence-electron chi connectivity index (χ2n) is 3.44. The Hall–Kier alpha value is -1.31. The van der Waals surface area contributed by atoms with Crippen molar-refractivity contribution < 1.29 is 4.79 Å². The standard InChI is InChI=1S/C11H13NO.C2H6/c1-12-10-7-3-2-5-9(10)6-4-8-11(12)13;1-2/h2-3,5,7H,4,6,8H2,1H3;1-2H3. The minimum atomic E-state index is 0.227. The van der Waals surface area contributed by atoms with Gasteiger partial charge in [-0.2, -0.15) is 0 Å². The maximum atomic E-state index is 11.5. The van der Waals surface area contributed by atoms with Crippen molar-refractivity contribution in [1.82, 2.24) is 0 Å². The Morgan fingerprint density at radius 1 is 1.13 bits per heavy atom. The molecule has 0 aliphatic carbocycles. The van der Waals surface area contributed by atoms with Crippen LogP contribution in [0, 0.1) is 0 Å². The Labute approximate surface area is 91.9 Å². The van der Waals surface area contributed by atoms with Gasteiger partial charge in [0.25, 0.3) is 0 Å². The molecule has 2 nitrogen and oxygen atoms in total. The van der Waals surface area contributed by atoms with Gasteiger partial charge in [-0.05, 0) is 24.5 Å². The van der Waals surface area contributed by atoms with Crippen molar-refractivity contribution in [2.45, 2.75) is 33.1 Å². The van der Waals surface area contributed by atoms with E-state index in [0.717, 1.165) is 18.5 Å². The molecule has 1 amide bonds. The highest BCUT2D eigenvalue weighted by atomic mass is 16.2. The van der Waals surface area contributed by atoms with Gasteiger partial charge in [-0.3, -0.25) is 4.79 Å². The number of carbonyl (C=O) groups is 1. The van der Waals surface area contributed by atoms with Crippen LogP contribution in [0.2, 0.25) is 0 Å². The predicted octanol–water partition coefficient (Wildman–Crippen LogP) is 3.01. The number of hydrogen-bond donors (Lipinski definition) is 0. The molecule has 0 bridgehead atoms. The van der Waals surface area contributed by atoms with Crippen molar-refractivity contribution in [3.05, 3.63) is 29.8 Å². The number of rotatable bonds is 0. The van der Waals surface area contributed by atoms with E-state index in [4.69, 9.17) is 0 Å². The van der Waals surface area contributed by atoms with Crippen LogP contribution in [0.5, 0.6) is 0 Å². The molecule has 0 atom stereocenters. The van der Waals surface area contributed by atoms with Gasteiger partial charge in [-0.15, -0.1) is 0 Å². The number of aryl methyl sites for hydroxylation is 1. The molecule has 15 heavy (non-hydrogen) atoms. The summed E-state index contributed by atoms with van der Waals surface area (Å²) in [6.45, 7) is 4.00. The first kappa shape index (κ1) is 11.8. The molecule has 1 aliphatic rings. The zero-order chi connectivity index (χ0) is 11.3. The Kier molecular flexibility index (Phi) is 4.35. The molecule has 1 aromatic carbocycles. The Morgan fingerprint density at radius 2 is 1.80 bits per heavy atom. The van der Waals surface area contributed by atoms with Crippen molar-refractivity contribution in [2.24, 2.45) is 0 Å². The van der Waals surface area contributed by atoms with Gasteiger partial charge >= 0.3 is 0 Å². The van der Waals surface area contributed by atoms with Gasteiger partial charge < -0.3 is 4.90 Å². The zero-order valence-electron chi connectivity index (χ0n) is 9.79. The summed E-state index contributed by atoms with van der Waals surface area (Å²) >= 11 is 0. The molecule has 2 heteroatoms. The zero-order valence-corrected chi connectivity index (χ0v) is 9.79. The third kappa shape index (κ3) is 2.58. The Morgan fingerprint density at radius 3 is 2.53 bits per heavy atom. The van der Waals surface area contributed by atoms with Crippen LogP contribution in [0.15, 0.2) is 24.3 Å². The van der Waals surface area contributed by atoms with Gasteiger partial charge in [-0.1, -0.05) is 32.0 Å². The molecule has 0 saturated heterocycles. The summed E-state index contributed by atoms with van der Waals surface area (Å²) in [6, 6.07) is 8.12. The van der Waals surface area contributed by atoms with E-state index in [9.17, 15) is 4.79 Å². The largest absolute Gasteiger partial charge is 0.315 e. The van der Waals surface area contributed by atoms with E-state index >= 15 is 0 Å². The van der Waals surface area contributed by atoms with Gasteiger partial charge in [0, 0.05) is 19.2 Å². The number of hydrogen-bond acceptors (Lipinski definition) is 1. The lowest BCUT2D eigenvalue weighted by molar-refractivity contribution is -0.118. The summed E-state index contributed by atoms with van der Waals surface area (Å²) in [6.07, 6.45) is 2.66. The monoisotopic (exact) mass is 205 g/mol. The first-order chi connectivity index (χ1) is 7.29. The quantitative estimate of drug-likeness (QED) is 0.637. The van der Waals surface area contributed by atoms with Crippen LogP contribution in [-0.4, -0.2) is 13.0 Å². The second kappa shape index (κ2) is 5.54. The molecular weight excluding hydrogens is 186 g/mol. The van der Waals surface area contributed by atoms with E-state index in [2.05, 4.69) is 6.07 Å². The fourth-order valence-electron chi connectivity index (χ4n) is 1.78. The van der Waals surface area contributed by atoms with Crippen LogP contribution in [-0.2, 0) is 11.2 Å². The fourth-order valence-corrected chi connectivity index (χ4v) is 1.78. The maximum Gasteiger partial charge on any atom is 0.226 e. The number of anilines is 1. The minimum absolute atomic E-state index is 0.227. The molecule has 1 aromatic rings. The molecule has 2 rings (SSSR count). The molecular formula is C13H19NO. The maximum absolute atomic E-state index is 11.5. The van der Waals surface area contributed by atoms with Crippen LogP contribution in [0.25, 0.3) is 0 Å². The minimum Gasteiger partial charge on any atom is -0.315 e. The molecule has 0 aromatic heterocycles. The van der Waals surface area contributed by atoms with Crippen molar-refractivity contribution in [3.63, 3.8) is 0 Å². The molecule has 0 unspecified atom stereocenters. The number of benzene rings is 1. The van der Waals surface area contributed by atoms with Gasteiger partial charge in [0.05, 0.1) is 0 Å². The lowest BCUT2D eigenvalue weighted by Crippen LogP contribution is -2.24. The molecule has 82 valence electrons. The molecule has 0 spiro atoms. The normalized spacial score (nSPS) is 14.9. The van der Waals surface area contributed by atoms with Crippen molar-refractivity contribution in [2.75, 3.05) is 11.9 Å². The molecule has 0 N–H and O–H groups in total. The van der Waals surface area contributed by atoms with Crippen molar-refractivity contribution in [1.29, 1.82) is 0 Å². The molecule has 1 aliphatic heterocycles. The fraction of sp³-hybridized carbons (Fsp3) is 0.462. The summed E-state index contributed by atoms with van der Waals surface area (Å²) in [5, 5.41) is 0. The van der Waals surface area contributed by atoms with Gasteiger partial charge in [0.2, 0.25) is 5.91 Å². The highest BCUT2D eigenvalue weighted by Crippen LogP contribution is 2.24. The highest BCUT2D eigenvalue weighted by molar-refractivity contribution is 5.94. The topological polar surface area (TPSA) is 20.3 Å². The average molecular weight is 205 g/mol. The average Bonchev–Trinajstić information content (AvgIpc) is 2.44. The van der Waals surface area contributed by atoms with Crippen LogP contribution < -0.4 is 4.90 Å². The van der Waals surface area contributed by atoms with Gasteiger partial charge in [0.15, 0.2) is 0 Å². The molecule has 0 fully saturated rings. The lowest BCUT2D eigenvalue weighted by atomic mass is 10.1. The molecule has 0 radical (unpaired) electrons. The molecule has 1 heterocycles. The third-order valence-corrected chi connectivity index (χ3v) is 2.56. The summed E-state index contributed by atoms with van der Waals surface area (Å²) in [7, 11) is 1.85. The SMILES string of the molecule is CC.CN1C(=O)CCCc2ccccc21. The second-order valence-corrected chi connectivity index (χ2v) is 3.44. The smallest absolute Gasteiger partial charge is 0.226 e. The van der Waals surface area contributed by atoms with Crippen LogP contribution >= 0.6 is 0 Å². The highest BCUT2D eigenvalue weighted by Gasteiger charge is 2.17. The number of fused-ring (bicyclic) bond motifs is 1. The van der Waals surface area contributed by atoms with Gasteiger partial charge in [0.1, 0.15) is 0 Å². The summed E-state index contributed by atoms with van der Waals surface area (Å²) in [5.41, 5.74) is 2.36. The summed E-state index contributed by atoms with van der Waals surface area (Å²) < 4.78 is 0. The number of nitrogens with zero attached hydrogens (tertiary/aromatic N) is 1. The van der Waals surface area contributed by atoms with Crippen molar-refractivity contribution >= 4 is 11.6 Å². The Bertz CT molecular complexity index is 333. The van der Waals surface area contributed by atoms with E-state index in [1.807, 2.05) is 39.1 Å². The third-order valence-electron chi connectivity index (χ3n) is 2.56. The first-order valence-corrected chi connectivity index (χ1v) is 5.63. The van der Waals surface area contributed by atoms with Crippen LogP contribution in [0.3, 0.4) is 0 Å². The molecule has 0 saturated carbocycles. The van der Waals surface area contributed by atoms with E-state index in [1.165, 1.54) is 5.56 Å². The number of carbonyl (C=O) groups excluding carboxylic acids is 1. The lowest BCUT2D eigenvalue weighted by Gasteiger charge is -2.16. The van der Waals surface area contributed by atoms with Gasteiger partial charge in [-0.25, -0.2) is 0 Å². The van der Waals surface area contributed by atoms with E-state index in [0.29, 0.717) is 6.42 Å². The summed E-state index contributed by atoms with van der Waals surface area (Å²) in [4.78, 5) is 13.3. The first-order valence-electron chi connectivity index (χ1n) is 5.63. The van der Waals surface area contributed by atoms with Crippen LogP contribution in [0.1, 0.15) is 32.3 Å². The van der Waals surface area contributed by atoms with E-state index in [1.54, 1.807) is 4.90 Å². The van der Waals surface area contributed by atoms with Crippen LogP contribution in [0.4, 0.5) is 5.69 Å². The Balaban J connectivity index is 0.000000531. The van der Waals surface area contributed by atoms with E-state index in [-0.39, 0.29) is 5.91 Å². The number of amides is 1.